The van der Waals surface area contributed by atoms with Crippen LogP contribution in [0.3, 0.4) is 0 Å². The monoisotopic (exact) mass is 404 g/mol. The van der Waals surface area contributed by atoms with E-state index in [0.29, 0.717) is 5.56 Å². The van der Waals surface area contributed by atoms with Gasteiger partial charge in [-0.3, -0.25) is 19.3 Å². The SMILES string of the molecule is C=CCN1C(=O)c2ccc(C(=O)O[C@@H](C(=O)NC3CC3)c3ccccc3)cc2C1=O. The number of hydrogen-bond donors (Lipinski definition) is 1. The van der Waals surface area contributed by atoms with Crippen LogP contribution in [0.15, 0.2) is 61.2 Å². The van der Waals surface area contributed by atoms with Crippen molar-refractivity contribution in [2.75, 3.05) is 6.54 Å². The largest absolute Gasteiger partial charge is 0.444 e. The average molecular weight is 404 g/mol. The van der Waals surface area contributed by atoms with Crippen molar-refractivity contribution in [2.24, 2.45) is 0 Å². The summed E-state index contributed by atoms with van der Waals surface area (Å²) in [5.41, 5.74) is 1.00. The Morgan fingerprint density at radius 1 is 1.10 bits per heavy atom. The van der Waals surface area contributed by atoms with Crippen molar-refractivity contribution >= 4 is 23.7 Å². The van der Waals surface area contributed by atoms with E-state index in [0.717, 1.165) is 17.7 Å². The summed E-state index contributed by atoms with van der Waals surface area (Å²) in [5, 5.41) is 2.85. The van der Waals surface area contributed by atoms with Gasteiger partial charge < -0.3 is 10.1 Å². The minimum atomic E-state index is -1.11. The van der Waals surface area contributed by atoms with Crippen molar-refractivity contribution in [3.8, 4) is 0 Å². The lowest BCUT2D eigenvalue weighted by Crippen LogP contribution is -2.33. The summed E-state index contributed by atoms with van der Waals surface area (Å²) in [4.78, 5) is 51.3. The minimum absolute atomic E-state index is 0.0869. The summed E-state index contributed by atoms with van der Waals surface area (Å²) in [6.45, 7) is 3.63. The van der Waals surface area contributed by atoms with Gasteiger partial charge in [0.15, 0.2) is 0 Å². The molecule has 2 aromatic carbocycles. The molecule has 152 valence electrons. The first kappa shape index (κ1) is 19.6. The Hall–Kier alpha value is -3.74. The van der Waals surface area contributed by atoms with Crippen molar-refractivity contribution in [3.05, 3.63) is 83.4 Å². The van der Waals surface area contributed by atoms with Gasteiger partial charge in [-0.05, 0) is 31.0 Å². The molecule has 2 aromatic rings. The van der Waals surface area contributed by atoms with Crippen molar-refractivity contribution in [2.45, 2.75) is 25.0 Å². The van der Waals surface area contributed by atoms with Crippen LogP contribution in [0, 0.1) is 0 Å². The first-order valence-corrected chi connectivity index (χ1v) is 9.67. The lowest BCUT2D eigenvalue weighted by atomic mass is 10.1. The maximum absolute atomic E-state index is 12.8. The summed E-state index contributed by atoms with van der Waals surface area (Å²) in [5.74, 6) is -2.06. The van der Waals surface area contributed by atoms with Gasteiger partial charge in [-0.25, -0.2) is 4.79 Å². The average Bonchev–Trinajstić information content (AvgIpc) is 3.55. The van der Waals surface area contributed by atoms with E-state index in [1.807, 2.05) is 0 Å². The summed E-state index contributed by atoms with van der Waals surface area (Å²) >= 11 is 0. The second kappa shape index (κ2) is 7.94. The Kier molecular flexibility index (Phi) is 5.18. The van der Waals surface area contributed by atoms with Crippen LogP contribution in [-0.4, -0.2) is 41.2 Å². The molecule has 1 N–H and O–H groups in total. The molecule has 30 heavy (non-hydrogen) atoms. The number of fused-ring (bicyclic) bond motifs is 1. The Balaban J connectivity index is 1.58. The predicted octanol–water partition coefficient (Wildman–Crippen LogP) is 2.65. The molecule has 0 bridgehead atoms. The molecule has 0 saturated heterocycles. The van der Waals surface area contributed by atoms with Gasteiger partial charge in [-0.2, -0.15) is 0 Å². The summed E-state index contributed by atoms with van der Waals surface area (Å²) in [6, 6.07) is 13.0. The Morgan fingerprint density at radius 2 is 1.80 bits per heavy atom. The zero-order chi connectivity index (χ0) is 21.3. The molecule has 7 nitrogen and oxygen atoms in total. The number of benzene rings is 2. The number of nitrogens with one attached hydrogen (secondary N) is 1. The molecular formula is C23H20N2O5. The van der Waals surface area contributed by atoms with E-state index in [1.165, 1.54) is 24.3 Å². The van der Waals surface area contributed by atoms with Gasteiger partial charge in [-0.15, -0.1) is 6.58 Å². The number of esters is 1. The Morgan fingerprint density at radius 3 is 2.47 bits per heavy atom. The van der Waals surface area contributed by atoms with Gasteiger partial charge in [0.25, 0.3) is 17.7 Å². The molecule has 4 rings (SSSR count). The number of carbonyl (C=O) groups excluding carboxylic acids is 4. The van der Waals surface area contributed by atoms with Crippen LogP contribution in [0.2, 0.25) is 0 Å². The van der Waals surface area contributed by atoms with E-state index in [-0.39, 0.29) is 35.2 Å². The molecule has 0 radical (unpaired) electrons. The second-order valence-corrected chi connectivity index (χ2v) is 7.25. The second-order valence-electron chi connectivity index (χ2n) is 7.25. The highest BCUT2D eigenvalue weighted by molar-refractivity contribution is 6.22. The van der Waals surface area contributed by atoms with E-state index in [1.54, 1.807) is 30.3 Å². The van der Waals surface area contributed by atoms with Crippen LogP contribution in [0.4, 0.5) is 0 Å². The van der Waals surface area contributed by atoms with Crippen LogP contribution < -0.4 is 5.32 Å². The van der Waals surface area contributed by atoms with Gasteiger partial charge in [0.1, 0.15) is 0 Å². The molecule has 7 heteroatoms. The third kappa shape index (κ3) is 3.74. The third-order valence-electron chi connectivity index (χ3n) is 5.01. The molecule has 1 fully saturated rings. The van der Waals surface area contributed by atoms with E-state index >= 15 is 0 Å². The number of hydrogen-bond acceptors (Lipinski definition) is 5. The molecule has 2 aliphatic rings. The summed E-state index contributed by atoms with van der Waals surface area (Å²) in [6.07, 6.45) is 2.16. The predicted molar refractivity (Wildman–Crippen MR) is 108 cm³/mol. The zero-order valence-electron chi connectivity index (χ0n) is 16.2. The topological polar surface area (TPSA) is 92.8 Å². The van der Waals surface area contributed by atoms with Crippen LogP contribution >= 0.6 is 0 Å². The van der Waals surface area contributed by atoms with Crippen LogP contribution in [-0.2, 0) is 9.53 Å². The first-order chi connectivity index (χ1) is 14.5. The van der Waals surface area contributed by atoms with Crippen LogP contribution in [0.25, 0.3) is 0 Å². The lowest BCUT2D eigenvalue weighted by molar-refractivity contribution is -0.130. The standard InChI is InChI=1S/C23H20N2O5/c1-2-12-25-21(27)17-11-8-15(13-18(17)22(25)28)23(29)30-19(14-6-4-3-5-7-14)20(26)24-16-9-10-16/h2-8,11,13,16,19H,1,9-10,12H2,(H,24,26)/t19-/m1/s1. The van der Waals surface area contributed by atoms with Crippen LogP contribution in [0.1, 0.15) is 55.6 Å². The zero-order valence-corrected chi connectivity index (χ0v) is 16.2. The number of rotatable bonds is 7. The van der Waals surface area contributed by atoms with Crippen molar-refractivity contribution in [3.63, 3.8) is 0 Å². The molecule has 0 unspecified atom stereocenters. The van der Waals surface area contributed by atoms with Gasteiger partial charge >= 0.3 is 5.97 Å². The highest BCUT2D eigenvalue weighted by atomic mass is 16.5. The maximum atomic E-state index is 12.8. The Labute approximate surface area is 173 Å². The number of amides is 3. The van der Waals surface area contributed by atoms with Crippen molar-refractivity contribution in [1.29, 1.82) is 0 Å². The normalized spacial score (nSPS) is 16.1. The lowest BCUT2D eigenvalue weighted by Gasteiger charge is -2.18. The van der Waals surface area contributed by atoms with Crippen LogP contribution in [0.5, 0.6) is 0 Å². The molecular weight excluding hydrogens is 384 g/mol. The van der Waals surface area contributed by atoms with Crippen molar-refractivity contribution < 1.29 is 23.9 Å². The van der Waals surface area contributed by atoms with E-state index < -0.39 is 23.9 Å². The highest BCUT2D eigenvalue weighted by Gasteiger charge is 2.36. The molecule has 0 aromatic heterocycles. The highest BCUT2D eigenvalue weighted by Crippen LogP contribution is 2.27. The maximum Gasteiger partial charge on any atom is 0.339 e. The van der Waals surface area contributed by atoms with E-state index in [4.69, 9.17) is 4.74 Å². The minimum Gasteiger partial charge on any atom is -0.444 e. The summed E-state index contributed by atoms with van der Waals surface area (Å²) in [7, 11) is 0. The molecule has 1 saturated carbocycles. The van der Waals surface area contributed by atoms with Gasteiger partial charge in [0.2, 0.25) is 6.10 Å². The number of ether oxygens (including phenoxy) is 1. The van der Waals surface area contributed by atoms with Gasteiger partial charge in [0, 0.05) is 18.2 Å². The number of nitrogens with zero attached hydrogens (tertiary/aromatic N) is 1. The third-order valence-corrected chi connectivity index (χ3v) is 5.01. The number of carbonyl (C=O) groups is 4. The molecule has 1 heterocycles. The van der Waals surface area contributed by atoms with Gasteiger partial charge in [-0.1, -0.05) is 36.4 Å². The molecule has 1 aliphatic carbocycles. The first-order valence-electron chi connectivity index (χ1n) is 9.67. The fourth-order valence-corrected chi connectivity index (χ4v) is 3.29. The molecule has 1 aliphatic heterocycles. The van der Waals surface area contributed by atoms with E-state index in [2.05, 4.69) is 11.9 Å². The summed E-state index contributed by atoms with van der Waals surface area (Å²) < 4.78 is 5.53. The van der Waals surface area contributed by atoms with Crippen molar-refractivity contribution in [1.82, 2.24) is 10.2 Å². The number of imide groups is 1. The quantitative estimate of drug-likeness (QED) is 0.435. The Bertz CT molecular complexity index is 1040. The molecule has 0 spiro atoms. The van der Waals surface area contributed by atoms with E-state index in [9.17, 15) is 19.2 Å². The molecule has 1 atom stereocenters. The fraction of sp³-hybridized carbons (Fsp3) is 0.217. The van der Waals surface area contributed by atoms with Gasteiger partial charge in [0.05, 0.1) is 16.7 Å². The fourth-order valence-electron chi connectivity index (χ4n) is 3.29. The smallest absolute Gasteiger partial charge is 0.339 e. The molecule has 3 amide bonds.